The van der Waals surface area contributed by atoms with E-state index >= 15 is 0 Å². The molecule has 0 atom stereocenters. The average molecular weight is 415 g/mol. The highest BCUT2D eigenvalue weighted by Crippen LogP contribution is 2.30. The molecule has 3 aromatic rings. The second kappa shape index (κ2) is 8.75. The number of nitrogens with one attached hydrogen (secondary N) is 1. The van der Waals surface area contributed by atoms with Gasteiger partial charge in [0.1, 0.15) is 17.1 Å². The number of amides is 1. The zero-order chi connectivity index (χ0) is 20.2. The number of carbonyl (C=O) groups excluding carboxylic acids is 1. The lowest BCUT2D eigenvalue weighted by molar-refractivity contribution is 0.0947. The number of para-hydroxylation sites is 1. The molecule has 0 unspecified atom stereocenters. The Morgan fingerprint density at radius 1 is 1.21 bits per heavy atom. The smallest absolute Gasteiger partial charge is 0.251 e. The van der Waals surface area contributed by atoms with Crippen molar-refractivity contribution in [2.24, 2.45) is 0 Å². The SMILES string of the molecule is COc1cccc(C(=O)NCCN2CCN(c3nc4c(F)cccc4s3)CC2)c1. The number of rotatable bonds is 6. The van der Waals surface area contributed by atoms with Crippen molar-refractivity contribution < 1.29 is 13.9 Å². The molecule has 0 bridgehead atoms. The van der Waals surface area contributed by atoms with Crippen LogP contribution in [0.1, 0.15) is 10.4 Å². The van der Waals surface area contributed by atoms with Crippen LogP contribution in [-0.2, 0) is 0 Å². The minimum Gasteiger partial charge on any atom is -0.497 e. The van der Waals surface area contributed by atoms with E-state index in [4.69, 9.17) is 4.74 Å². The van der Waals surface area contributed by atoms with Gasteiger partial charge in [0, 0.05) is 44.8 Å². The first-order valence-electron chi connectivity index (χ1n) is 9.58. The highest BCUT2D eigenvalue weighted by molar-refractivity contribution is 7.22. The number of fused-ring (bicyclic) bond motifs is 1. The van der Waals surface area contributed by atoms with Gasteiger partial charge in [-0.2, -0.15) is 0 Å². The molecular weight excluding hydrogens is 391 g/mol. The van der Waals surface area contributed by atoms with Gasteiger partial charge >= 0.3 is 0 Å². The third kappa shape index (κ3) is 4.49. The van der Waals surface area contributed by atoms with E-state index in [9.17, 15) is 9.18 Å². The Morgan fingerprint density at radius 2 is 2.00 bits per heavy atom. The lowest BCUT2D eigenvalue weighted by Crippen LogP contribution is -2.48. The van der Waals surface area contributed by atoms with Crippen molar-refractivity contribution in [2.45, 2.75) is 0 Å². The number of methoxy groups -OCH3 is 1. The second-order valence-electron chi connectivity index (χ2n) is 6.90. The number of anilines is 1. The summed E-state index contributed by atoms with van der Waals surface area (Å²) in [5.74, 6) is 0.304. The third-order valence-corrected chi connectivity index (χ3v) is 6.13. The Kier molecular flexibility index (Phi) is 5.92. The Balaban J connectivity index is 1.25. The largest absolute Gasteiger partial charge is 0.497 e. The van der Waals surface area contributed by atoms with Gasteiger partial charge in [-0.25, -0.2) is 9.37 Å². The number of piperazine rings is 1. The number of aromatic nitrogens is 1. The van der Waals surface area contributed by atoms with Crippen LogP contribution in [0.25, 0.3) is 10.2 Å². The van der Waals surface area contributed by atoms with Gasteiger partial charge in [0.2, 0.25) is 0 Å². The lowest BCUT2D eigenvalue weighted by atomic mass is 10.2. The molecule has 0 saturated carbocycles. The van der Waals surface area contributed by atoms with E-state index in [2.05, 4.69) is 20.1 Å². The highest BCUT2D eigenvalue weighted by Gasteiger charge is 2.20. The molecule has 1 aliphatic heterocycles. The van der Waals surface area contributed by atoms with Crippen LogP contribution >= 0.6 is 11.3 Å². The second-order valence-corrected chi connectivity index (χ2v) is 7.91. The summed E-state index contributed by atoms with van der Waals surface area (Å²) in [5, 5.41) is 3.83. The van der Waals surface area contributed by atoms with Gasteiger partial charge in [-0.1, -0.05) is 23.5 Å². The number of halogens is 1. The van der Waals surface area contributed by atoms with Crippen molar-refractivity contribution in [2.75, 3.05) is 51.3 Å². The van der Waals surface area contributed by atoms with Crippen molar-refractivity contribution in [3.05, 3.63) is 53.8 Å². The van der Waals surface area contributed by atoms with Crippen molar-refractivity contribution in [3.63, 3.8) is 0 Å². The van der Waals surface area contributed by atoms with Crippen molar-refractivity contribution in [3.8, 4) is 5.75 Å². The summed E-state index contributed by atoms with van der Waals surface area (Å²) in [6, 6.07) is 12.2. The topological polar surface area (TPSA) is 57.7 Å². The van der Waals surface area contributed by atoms with Crippen LogP contribution in [0.5, 0.6) is 5.75 Å². The molecule has 29 heavy (non-hydrogen) atoms. The summed E-state index contributed by atoms with van der Waals surface area (Å²) in [4.78, 5) is 21.3. The van der Waals surface area contributed by atoms with Crippen LogP contribution in [0.15, 0.2) is 42.5 Å². The molecule has 152 valence electrons. The number of hydrogen-bond donors (Lipinski definition) is 1. The molecule has 2 aromatic carbocycles. The lowest BCUT2D eigenvalue weighted by Gasteiger charge is -2.34. The fourth-order valence-electron chi connectivity index (χ4n) is 3.40. The predicted octanol–water partition coefficient (Wildman–Crippen LogP) is 3.00. The molecule has 1 fully saturated rings. The Bertz CT molecular complexity index is 1000. The first-order valence-corrected chi connectivity index (χ1v) is 10.4. The van der Waals surface area contributed by atoms with Crippen LogP contribution in [0.4, 0.5) is 9.52 Å². The number of benzene rings is 2. The fourth-order valence-corrected chi connectivity index (χ4v) is 4.43. The monoisotopic (exact) mass is 414 g/mol. The number of carbonyl (C=O) groups is 1. The average Bonchev–Trinajstić information content (AvgIpc) is 3.20. The molecule has 1 saturated heterocycles. The van der Waals surface area contributed by atoms with E-state index in [0.29, 0.717) is 23.4 Å². The van der Waals surface area contributed by atoms with Gasteiger partial charge in [-0.15, -0.1) is 0 Å². The van der Waals surface area contributed by atoms with E-state index in [1.807, 2.05) is 12.1 Å². The zero-order valence-electron chi connectivity index (χ0n) is 16.2. The van der Waals surface area contributed by atoms with Crippen LogP contribution in [-0.4, -0.2) is 62.2 Å². The Morgan fingerprint density at radius 3 is 2.76 bits per heavy atom. The molecule has 1 aliphatic rings. The molecule has 1 N–H and O–H groups in total. The van der Waals surface area contributed by atoms with Gasteiger partial charge in [-0.05, 0) is 30.3 Å². The molecule has 1 amide bonds. The summed E-state index contributed by atoms with van der Waals surface area (Å²) < 4.78 is 19.9. The Labute approximate surface area is 172 Å². The molecule has 8 heteroatoms. The summed E-state index contributed by atoms with van der Waals surface area (Å²) in [5.41, 5.74) is 1.05. The molecule has 2 heterocycles. The number of nitrogens with zero attached hydrogens (tertiary/aromatic N) is 3. The van der Waals surface area contributed by atoms with Crippen molar-refractivity contribution in [1.29, 1.82) is 0 Å². The van der Waals surface area contributed by atoms with E-state index in [0.717, 1.165) is 42.6 Å². The van der Waals surface area contributed by atoms with E-state index in [1.54, 1.807) is 31.4 Å². The van der Waals surface area contributed by atoms with Gasteiger partial charge < -0.3 is 15.0 Å². The molecular formula is C21H23FN4O2S. The number of thiazole rings is 1. The zero-order valence-corrected chi connectivity index (χ0v) is 17.0. The predicted molar refractivity (Wildman–Crippen MR) is 114 cm³/mol. The highest BCUT2D eigenvalue weighted by atomic mass is 32.1. The summed E-state index contributed by atoms with van der Waals surface area (Å²) >= 11 is 1.53. The normalized spacial score (nSPS) is 14.9. The van der Waals surface area contributed by atoms with E-state index < -0.39 is 0 Å². The minimum atomic E-state index is -0.268. The quantitative estimate of drug-likeness (QED) is 0.672. The van der Waals surface area contributed by atoms with E-state index in [-0.39, 0.29) is 11.7 Å². The molecule has 0 spiro atoms. The minimum absolute atomic E-state index is 0.0981. The fraction of sp³-hybridized carbons (Fsp3) is 0.333. The maximum absolute atomic E-state index is 13.9. The van der Waals surface area contributed by atoms with Gasteiger partial charge in [0.15, 0.2) is 5.13 Å². The maximum Gasteiger partial charge on any atom is 0.251 e. The summed E-state index contributed by atoms with van der Waals surface area (Å²) in [6.45, 7) is 4.82. The molecule has 0 aliphatic carbocycles. The standard InChI is InChI=1S/C21H23FN4O2S/c1-28-16-5-2-4-15(14-16)20(27)23-8-9-25-10-12-26(13-11-25)21-24-19-17(22)6-3-7-18(19)29-21/h2-7,14H,8-13H2,1H3,(H,23,27). The van der Waals surface area contributed by atoms with Gasteiger partial charge in [0.25, 0.3) is 5.91 Å². The van der Waals surface area contributed by atoms with Crippen molar-refractivity contribution in [1.82, 2.24) is 15.2 Å². The maximum atomic E-state index is 13.9. The Hall–Kier alpha value is -2.71. The third-order valence-electron chi connectivity index (χ3n) is 5.05. The number of hydrogen-bond acceptors (Lipinski definition) is 6. The van der Waals surface area contributed by atoms with Crippen LogP contribution in [0.3, 0.4) is 0 Å². The summed E-state index contributed by atoms with van der Waals surface area (Å²) in [7, 11) is 1.58. The number of ether oxygens (including phenoxy) is 1. The van der Waals surface area contributed by atoms with Gasteiger partial charge in [0.05, 0.1) is 11.8 Å². The molecule has 4 rings (SSSR count). The van der Waals surface area contributed by atoms with Crippen LogP contribution in [0, 0.1) is 5.82 Å². The first-order chi connectivity index (χ1) is 14.1. The van der Waals surface area contributed by atoms with E-state index in [1.165, 1.54) is 17.4 Å². The summed E-state index contributed by atoms with van der Waals surface area (Å²) in [6.07, 6.45) is 0. The molecule has 6 nitrogen and oxygen atoms in total. The van der Waals surface area contributed by atoms with Crippen molar-refractivity contribution >= 4 is 32.6 Å². The molecule has 0 radical (unpaired) electrons. The van der Waals surface area contributed by atoms with Crippen LogP contribution < -0.4 is 15.0 Å². The first kappa shape index (κ1) is 19.6. The van der Waals surface area contributed by atoms with Gasteiger partial charge in [-0.3, -0.25) is 9.69 Å². The van der Waals surface area contributed by atoms with Crippen LogP contribution in [0.2, 0.25) is 0 Å². The molecule has 1 aromatic heterocycles.